The Kier molecular flexibility index (Phi) is 4.15. The number of hydrogen-bond acceptors (Lipinski definition) is 6. The summed E-state index contributed by atoms with van der Waals surface area (Å²) in [5.74, 6) is 1.35. The quantitative estimate of drug-likeness (QED) is 0.748. The second kappa shape index (κ2) is 6.08. The van der Waals surface area contributed by atoms with Gasteiger partial charge in [-0.15, -0.1) is 0 Å². The topological polar surface area (TPSA) is 90.4 Å². The van der Waals surface area contributed by atoms with Crippen LogP contribution < -0.4 is 15.5 Å². The summed E-state index contributed by atoms with van der Waals surface area (Å²) in [6, 6.07) is 1.83. The Labute approximate surface area is 130 Å². The number of carbonyl (C=O) groups is 1. The summed E-state index contributed by atoms with van der Waals surface area (Å²) in [7, 11) is 0. The van der Waals surface area contributed by atoms with E-state index in [1.165, 1.54) is 0 Å². The number of aliphatic hydroxyl groups excluding tert-OH is 1. The second-order valence-electron chi connectivity index (χ2n) is 6.01. The highest BCUT2D eigenvalue weighted by atomic mass is 16.3. The Morgan fingerprint density at radius 2 is 2.45 bits per heavy atom. The number of hydrogen-bond donors (Lipinski definition) is 3. The third-order valence-electron chi connectivity index (χ3n) is 4.60. The number of amides is 1. The van der Waals surface area contributed by atoms with Crippen molar-refractivity contribution in [2.45, 2.75) is 32.3 Å². The molecule has 2 saturated heterocycles. The van der Waals surface area contributed by atoms with Crippen LogP contribution >= 0.6 is 0 Å². The van der Waals surface area contributed by atoms with Crippen LogP contribution in [-0.4, -0.2) is 53.3 Å². The molecule has 2 atom stereocenters. The lowest BCUT2D eigenvalue weighted by Crippen LogP contribution is -2.61. The van der Waals surface area contributed by atoms with Crippen molar-refractivity contribution in [3.05, 3.63) is 12.3 Å². The highest BCUT2D eigenvalue weighted by Gasteiger charge is 2.50. The number of anilines is 2. The van der Waals surface area contributed by atoms with Crippen molar-refractivity contribution in [1.29, 1.82) is 0 Å². The van der Waals surface area contributed by atoms with Gasteiger partial charge in [-0.1, -0.05) is 0 Å². The Morgan fingerprint density at radius 1 is 1.59 bits per heavy atom. The van der Waals surface area contributed by atoms with Crippen LogP contribution in [0, 0.1) is 5.41 Å². The van der Waals surface area contributed by atoms with E-state index < -0.39 is 11.5 Å². The minimum atomic E-state index is -0.728. The summed E-state index contributed by atoms with van der Waals surface area (Å²) in [6.07, 6.45) is 3.29. The standard InChI is InChI=1S/C15H23N5O2/c1-2-16-12-4-8-18-14(19-12)20-9-5-11(21)15(10-20)6-3-7-17-13(15)22/h4,8,11,21H,2-3,5-7,9-10H2,1H3,(H,17,22)(H,16,18,19)/t11-,15+/m0/s1. The lowest BCUT2D eigenvalue weighted by atomic mass is 9.71. The molecule has 7 heteroatoms. The zero-order valence-corrected chi connectivity index (χ0v) is 12.9. The van der Waals surface area contributed by atoms with Crippen molar-refractivity contribution in [2.75, 3.05) is 36.4 Å². The first-order valence-electron chi connectivity index (χ1n) is 7.94. The van der Waals surface area contributed by atoms with Gasteiger partial charge in [-0.05, 0) is 32.3 Å². The Balaban J connectivity index is 1.83. The lowest BCUT2D eigenvalue weighted by molar-refractivity contribution is -0.142. The molecule has 7 nitrogen and oxygen atoms in total. The van der Waals surface area contributed by atoms with E-state index in [0.29, 0.717) is 38.4 Å². The Morgan fingerprint density at radius 3 is 3.23 bits per heavy atom. The molecule has 2 fully saturated rings. The molecule has 1 aromatic rings. The van der Waals surface area contributed by atoms with E-state index >= 15 is 0 Å². The predicted molar refractivity (Wildman–Crippen MR) is 83.7 cm³/mol. The zero-order valence-electron chi connectivity index (χ0n) is 12.9. The van der Waals surface area contributed by atoms with Gasteiger partial charge in [-0.25, -0.2) is 4.98 Å². The van der Waals surface area contributed by atoms with Gasteiger partial charge in [-0.2, -0.15) is 4.98 Å². The maximum Gasteiger partial charge on any atom is 0.230 e. The fraction of sp³-hybridized carbons (Fsp3) is 0.667. The molecule has 0 saturated carbocycles. The van der Waals surface area contributed by atoms with Gasteiger partial charge in [-0.3, -0.25) is 4.79 Å². The maximum absolute atomic E-state index is 12.4. The first-order chi connectivity index (χ1) is 10.7. The summed E-state index contributed by atoms with van der Waals surface area (Å²) in [5, 5.41) is 16.5. The van der Waals surface area contributed by atoms with E-state index in [-0.39, 0.29) is 5.91 Å². The molecule has 0 bridgehead atoms. The van der Waals surface area contributed by atoms with Crippen molar-refractivity contribution in [3.63, 3.8) is 0 Å². The minimum absolute atomic E-state index is 0.0428. The molecule has 3 N–H and O–H groups in total. The number of nitrogens with zero attached hydrogens (tertiary/aromatic N) is 3. The van der Waals surface area contributed by atoms with Gasteiger partial charge in [0, 0.05) is 32.4 Å². The van der Waals surface area contributed by atoms with Crippen LogP contribution in [0.3, 0.4) is 0 Å². The van der Waals surface area contributed by atoms with Crippen molar-refractivity contribution >= 4 is 17.7 Å². The smallest absolute Gasteiger partial charge is 0.230 e. The van der Waals surface area contributed by atoms with Crippen LogP contribution in [0.5, 0.6) is 0 Å². The van der Waals surface area contributed by atoms with E-state index in [1.54, 1.807) is 6.20 Å². The normalized spacial score (nSPS) is 28.5. The average Bonchev–Trinajstić information content (AvgIpc) is 2.53. The van der Waals surface area contributed by atoms with E-state index in [9.17, 15) is 9.90 Å². The van der Waals surface area contributed by atoms with Crippen LogP contribution in [0.4, 0.5) is 11.8 Å². The number of carbonyl (C=O) groups excluding carboxylic acids is 1. The molecular formula is C15H23N5O2. The highest BCUT2D eigenvalue weighted by Crippen LogP contribution is 2.38. The third kappa shape index (κ3) is 2.61. The molecule has 1 amide bonds. The van der Waals surface area contributed by atoms with Gasteiger partial charge in [0.05, 0.1) is 11.5 Å². The molecule has 0 radical (unpaired) electrons. The van der Waals surface area contributed by atoms with Crippen molar-refractivity contribution < 1.29 is 9.90 Å². The van der Waals surface area contributed by atoms with Gasteiger partial charge in [0.25, 0.3) is 0 Å². The molecular weight excluding hydrogens is 282 g/mol. The number of rotatable bonds is 3. The third-order valence-corrected chi connectivity index (χ3v) is 4.60. The zero-order chi connectivity index (χ0) is 15.6. The van der Waals surface area contributed by atoms with Gasteiger partial charge >= 0.3 is 0 Å². The van der Waals surface area contributed by atoms with Crippen LogP contribution in [0.2, 0.25) is 0 Å². The van der Waals surface area contributed by atoms with E-state index in [1.807, 2.05) is 17.9 Å². The molecule has 2 aliphatic rings. The summed E-state index contributed by atoms with van der Waals surface area (Å²) in [5.41, 5.74) is -0.728. The van der Waals surface area contributed by atoms with Crippen molar-refractivity contribution in [2.24, 2.45) is 5.41 Å². The lowest BCUT2D eigenvalue weighted by Gasteiger charge is -2.46. The predicted octanol–water partition coefficient (Wildman–Crippen LogP) is 0.376. The number of nitrogens with one attached hydrogen (secondary N) is 2. The summed E-state index contributed by atoms with van der Waals surface area (Å²) < 4.78 is 0. The summed E-state index contributed by atoms with van der Waals surface area (Å²) in [4.78, 5) is 23.2. The fourth-order valence-electron chi connectivity index (χ4n) is 3.39. The van der Waals surface area contributed by atoms with Crippen molar-refractivity contribution in [1.82, 2.24) is 15.3 Å². The Hall–Kier alpha value is -1.89. The largest absolute Gasteiger partial charge is 0.392 e. The molecule has 22 heavy (non-hydrogen) atoms. The monoisotopic (exact) mass is 305 g/mol. The van der Waals surface area contributed by atoms with Gasteiger partial charge < -0.3 is 20.6 Å². The van der Waals surface area contributed by atoms with Crippen LogP contribution in [0.15, 0.2) is 12.3 Å². The molecule has 2 aliphatic heterocycles. The van der Waals surface area contributed by atoms with Crippen LogP contribution in [0.1, 0.15) is 26.2 Å². The first kappa shape index (κ1) is 15.0. The molecule has 120 valence electrons. The van der Waals surface area contributed by atoms with E-state index in [4.69, 9.17) is 0 Å². The average molecular weight is 305 g/mol. The molecule has 0 aliphatic carbocycles. The number of piperidine rings is 2. The number of aromatic nitrogens is 2. The summed E-state index contributed by atoms with van der Waals surface area (Å²) >= 11 is 0. The van der Waals surface area contributed by atoms with Gasteiger partial charge in [0.1, 0.15) is 5.82 Å². The molecule has 1 aromatic heterocycles. The molecule has 3 heterocycles. The van der Waals surface area contributed by atoms with E-state index in [0.717, 1.165) is 18.8 Å². The second-order valence-corrected chi connectivity index (χ2v) is 6.01. The highest BCUT2D eigenvalue weighted by molar-refractivity contribution is 5.85. The SMILES string of the molecule is CCNc1ccnc(N2CC[C@H](O)[C@@]3(CCCNC3=O)C2)n1. The van der Waals surface area contributed by atoms with Crippen LogP contribution in [-0.2, 0) is 4.79 Å². The van der Waals surface area contributed by atoms with Crippen molar-refractivity contribution in [3.8, 4) is 0 Å². The van der Waals surface area contributed by atoms with E-state index in [2.05, 4.69) is 20.6 Å². The minimum Gasteiger partial charge on any atom is -0.392 e. The number of aliphatic hydroxyl groups is 1. The van der Waals surface area contributed by atoms with Crippen LogP contribution in [0.25, 0.3) is 0 Å². The first-order valence-corrected chi connectivity index (χ1v) is 7.94. The summed E-state index contributed by atoms with van der Waals surface area (Å²) in [6.45, 7) is 4.63. The molecule has 0 unspecified atom stereocenters. The Bertz CT molecular complexity index is 552. The maximum atomic E-state index is 12.4. The fourth-order valence-corrected chi connectivity index (χ4v) is 3.39. The van der Waals surface area contributed by atoms with Gasteiger partial charge in [0.15, 0.2) is 0 Å². The molecule has 1 spiro atoms. The molecule has 3 rings (SSSR count). The van der Waals surface area contributed by atoms with Gasteiger partial charge in [0.2, 0.25) is 11.9 Å². The molecule has 0 aromatic carbocycles.